The fourth-order valence-electron chi connectivity index (χ4n) is 3.33. The van der Waals surface area contributed by atoms with Crippen LogP contribution in [0.3, 0.4) is 0 Å². The van der Waals surface area contributed by atoms with E-state index >= 15 is 0 Å². The minimum Gasteiger partial charge on any atom is -0.314 e. The first-order chi connectivity index (χ1) is 10.3. The second kappa shape index (κ2) is 7.01. The van der Waals surface area contributed by atoms with E-state index in [9.17, 15) is 4.79 Å². The van der Waals surface area contributed by atoms with Crippen molar-refractivity contribution in [3.63, 3.8) is 0 Å². The molecule has 1 aromatic rings. The third kappa shape index (κ3) is 3.72. The van der Waals surface area contributed by atoms with Crippen molar-refractivity contribution in [1.82, 2.24) is 20.1 Å². The van der Waals surface area contributed by atoms with Gasteiger partial charge in [0.05, 0.1) is 0 Å². The molecule has 0 aliphatic heterocycles. The summed E-state index contributed by atoms with van der Waals surface area (Å²) in [4.78, 5) is 11.7. The number of nitrogens with zero attached hydrogens (tertiary/aromatic N) is 2. The average molecular weight is 310 g/mol. The molecule has 6 heteroatoms. The topological polar surface area (TPSA) is 62.7 Å². The van der Waals surface area contributed by atoms with E-state index in [-0.39, 0.29) is 5.69 Å². The van der Waals surface area contributed by atoms with Gasteiger partial charge in [-0.05, 0) is 51.0 Å². The van der Waals surface area contributed by atoms with E-state index < -0.39 is 0 Å². The molecule has 0 amide bonds. The average Bonchev–Trinajstić information content (AvgIpc) is 3.11. The largest absolute Gasteiger partial charge is 0.344 e. The molecular weight excluding hydrogens is 284 g/mol. The van der Waals surface area contributed by atoms with E-state index in [1.807, 2.05) is 4.57 Å². The van der Waals surface area contributed by atoms with Crippen LogP contribution in [0.2, 0.25) is 0 Å². The summed E-state index contributed by atoms with van der Waals surface area (Å²) in [5, 5.41) is 11.4. The molecule has 2 atom stereocenters. The normalized spacial score (nSPS) is 25.6. The summed E-state index contributed by atoms with van der Waals surface area (Å²) in [5.41, 5.74) is -0.0386. The standard InChI is InChI=1S/C15H26N4OS/c1-2-9-16-13-5-3-4-11(13)8-10-21-15-18-17-14(20)19(15)12-6-7-12/h11-13,16H,2-10H2,1H3,(H,17,20). The van der Waals surface area contributed by atoms with E-state index in [1.54, 1.807) is 11.8 Å². The van der Waals surface area contributed by atoms with E-state index in [0.717, 1.165) is 36.2 Å². The van der Waals surface area contributed by atoms with Gasteiger partial charge in [-0.15, -0.1) is 5.10 Å². The van der Waals surface area contributed by atoms with Crippen LogP contribution in [-0.4, -0.2) is 33.1 Å². The lowest BCUT2D eigenvalue weighted by Gasteiger charge is -2.20. The Balaban J connectivity index is 1.48. The van der Waals surface area contributed by atoms with Gasteiger partial charge < -0.3 is 5.32 Å². The van der Waals surface area contributed by atoms with Gasteiger partial charge in [-0.25, -0.2) is 9.89 Å². The minimum atomic E-state index is -0.0386. The first kappa shape index (κ1) is 15.2. The lowest BCUT2D eigenvalue weighted by molar-refractivity contribution is 0.393. The highest BCUT2D eigenvalue weighted by Gasteiger charge is 2.29. The SMILES string of the molecule is CCCNC1CCCC1CCSc1n[nH]c(=O)n1C1CC1. The second-order valence-electron chi connectivity index (χ2n) is 6.30. The minimum absolute atomic E-state index is 0.0386. The Labute approximate surface area is 130 Å². The number of nitrogens with one attached hydrogen (secondary N) is 2. The molecule has 5 nitrogen and oxygen atoms in total. The van der Waals surface area contributed by atoms with Crippen molar-refractivity contribution in [2.24, 2.45) is 5.92 Å². The van der Waals surface area contributed by atoms with Crippen LogP contribution < -0.4 is 11.0 Å². The lowest BCUT2D eigenvalue weighted by Crippen LogP contribution is -2.33. The van der Waals surface area contributed by atoms with Gasteiger partial charge >= 0.3 is 5.69 Å². The van der Waals surface area contributed by atoms with Crippen molar-refractivity contribution >= 4 is 11.8 Å². The zero-order valence-electron chi connectivity index (χ0n) is 12.8. The lowest BCUT2D eigenvalue weighted by atomic mass is 10.0. The Morgan fingerprint density at radius 3 is 3.00 bits per heavy atom. The van der Waals surface area contributed by atoms with E-state index in [1.165, 1.54) is 32.1 Å². The molecule has 2 N–H and O–H groups in total. The number of thioether (sulfide) groups is 1. The van der Waals surface area contributed by atoms with Crippen molar-refractivity contribution in [1.29, 1.82) is 0 Å². The van der Waals surface area contributed by atoms with Gasteiger partial charge in [0.15, 0.2) is 5.16 Å². The Morgan fingerprint density at radius 2 is 2.24 bits per heavy atom. The molecule has 2 fully saturated rings. The third-order valence-corrected chi connectivity index (χ3v) is 5.61. The van der Waals surface area contributed by atoms with Crippen LogP contribution in [0.5, 0.6) is 0 Å². The highest BCUT2D eigenvalue weighted by atomic mass is 32.2. The van der Waals surface area contributed by atoms with Gasteiger partial charge in [-0.1, -0.05) is 25.1 Å². The van der Waals surface area contributed by atoms with Crippen LogP contribution in [0.4, 0.5) is 0 Å². The monoisotopic (exact) mass is 310 g/mol. The van der Waals surface area contributed by atoms with Crippen LogP contribution >= 0.6 is 11.8 Å². The number of hydrogen-bond acceptors (Lipinski definition) is 4. The molecule has 0 radical (unpaired) electrons. The summed E-state index contributed by atoms with van der Waals surface area (Å²) in [7, 11) is 0. The summed E-state index contributed by atoms with van der Waals surface area (Å²) in [6, 6.07) is 1.11. The molecule has 0 spiro atoms. The van der Waals surface area contributed by atoms with Gasteiger partial charge in [0.2, 0.25) is 0 Å². The summed E-state index contributed by atoms with van der Waals surface area (Å²) < 4.78 is 1.85. The van der Waals surface area contributed by atoms with E-state index in [4.69, 9.17) is 0 Å². The quantitative estimate of drug-likeness (QED) is 0.724. The first-order valence-electron chi connectivity index (χ1n) is 8.32. The maximum absolute atomic E-state index is 11.7. The molecule has 2 aliphatic rings. The maximum Gasteiger partial charge on any atom is 0.344 e. The molecule has 118 valence electrons. The Kier molecular flexibility index (Phi) is 5.06. The first-order valence-corrected chi connectivity index (χ1v) is 9.31. The fraction of sp³-hybridized carbons (Fsp3) is 0.867. The molecule has 2 aliphatic carbocycles. The highest BCUT2D eigenvalue weighted by molar-refractivity contribution is 7.99. The van der Waals surface area contributed by atoms with Gasteiger partial charge in [-0.2, -0.15) is 0 Å². The van der Waals surface area contributed by atoms with Gasteiger partial charge in [0.25, 0.3) is 0 Å². The van der Waals surface area contributed by atoms with Crippen LogP contribution in [-0.2, 0) is 0 Å². The zero-order chi connectivity index (χ0) is 14.7. The molecule has 0 saturated heterocycles. The number of hydrogen-bond donors (Lipinski definition) is 2. The molecular formula is C15H26N4OS. The zero-order valence-corrected chi connectivity index (χ0v) is 13.6. The Bertz CT molecular complexity index is 508. The molecule has 0 aromatic carbocycles. The Morgan fingerprint density at radius 1 is 1.38 bits per heavy atom. The highest BCUT2D eigenvalue weighted by Crippen LogP contribution is 2.36. The van der Waals surface area contributed by atoms with E-state index in [2.05, 4.69) is 22.4 Å². The van der Waals surface area contributed by atoms with Crippen molar-refractivity contribution in [3.8, 4) is 0 Å². The van der Waals surface area contributed by atoms with E-state index in [0.29, 0.717) is 12.1 Å². The van der Waals surface area contributed by atoms with Crippen molar-refractivity contribution < 1.29 is 0 Å². The fourth-order valence-corrected chi connectivity index (χ4v) is 4.41. The number of aromatic nitrogens is 3. The molecule has 1 aromatic heterocycles. The summed E-state index contributed by atoms with van der Waals surface area (Å²) in [6.07, 6.45) is 8.70. The molecule has 21 heavy (non-hydrogen) atoms. The smallest absolute Gasteiger partial charge is 0.314 e. The third-order valence-electron chi connectivity index (χ3n) is 4.62. The van der Waals surface area contributed by atoms with Crippen molar-refractivity contribution in [3.05, 3.63) is 10.5 Å². The second-order valence-corrected chi connectivity index (χ2v) is 7.36. The maximum atomic E-state index is 11.7. The van der Waals surface area contributed by atoms with Gasteiger partial charge in [0.1, 0.15) is 0 Å². The number of H-pyrrole nitrogens is 1. The van der Waals surface area contributed by atoms with Crippen LogP contribution in [0.15, 0.2) is 9.95 Å². The van der Waals surface area contributed by atoms with Crippen LogP contribution in [0.25, 0.3) is 0 Å². The summed E-state index contributed by atoms with van der Waals surface area (Å²) in [6.45, 7) is 3.36. The number of aromatic amines is 1. The van der Waals surface area contributed by atoms with Crippen LogP contribution in [0, 0.1) is 5.92 Å². The molecule has 1 heterocycles. The van der Waals surface area contributed by atoms with Crippen molar-refractivity contribution in [2.45, 2.75) is 69.1 Å². The van der Waals surface area contributed by atoms with Crippen LogP contribution in [0.1, 0.15) is 57.9 Å². The van der Waals surface area contributed by atoms with Gasteiger partial charge in [-0.3, -0.25) is 4.57 Å². The van der Waals surface area contributed by atoms with Crippen molar-refractivity contribution in [2.75, 3.05) is 12.3 Å². The number of rotatable bonds is 8. The van der Waals surface area contributed by atoms with Gasteiger partial charge in [0, 0.05) is 17.8 Å². The molecule has 0 bridgehead atoms. The predicted molar refractivity (Wildman–Crippen MR) is 85.9 cm³/mol. The molecule has 3 rings (SSSR count). The predicted octanol–water partition coefficient (Wildman–Crippen LogP) is 2.56. The summed E-state index contributed by atoms with van der Waals surface area (Å²) >= 11 is 1.74. The molecule has 2 unspecified atom stereocenters. The molecule has 2 saturated carbocycles. The summed E-state index contributed by atoms with van der Waals surface area (Å²) in [5.74, 6) is 1.86. The Hall–Kier alpha value is -0.750.